The SMILES string of the molecule is O=C1Nc2ccccc2[C@@]1(O)CC(C[C@@]1(O)C(=O)Nc2ccccc21)=NO. The van der Waals surface area contributed by atoms with Crippen molar-refractivity contribution in [2.24, 2.45) is 5.16 Å². The lowest BCUT2D eigenvalue weighted by molar-refractivity contribution is -0.133. The second kappa shape index (κ2) is 5.90. The van der Waals surface area contributed by atoms with E-state index in [0.717, 1.165) is 0 Å². The quantitative estimate of drug-likeness (QED) is 0.316. The molecule has 0 saturated heterocycles. The highest BCUT2D eigenvalue weighted by atomic mass is 16.4. The van der Waals surface area contributed by atoms with Crippen LogP contribution in [-0.4, -0.2) is 32.9 Å². The van der Waals surface area contributed by atoms with E-state index in [0.29, 0.717) is 22.5 Å². The van der Waals surface area contributed by atoms with E-state index in [9.17, 15) is 25.0 Å². The summed E-state index contributed by atoms with van der Waals surface area (Å²) in [5.74, 6) is -1.32. The molecule has 2 aromatic rings. The highest BCUT2D eigenvalue weighted by Crippen LogP contribution is 2.42. The molecular formula is C19H17N3O5. The summed E-state index contributed by atoms with van der Waals surface area (Å²) in [6, 6.07) is 13.3. The van der Waals surface area contributed by atoms with Gasteiger partial charge in [-0.25, -0.2) is 0 Å². The molecule has 5 N–H and O–H groups in total. The first kappa shape index (κ1) is 17.2. The van der Waals surface area contributed by atoms with Crippen molar-refractivity contribution in [1.82, 2.24) is 0 Å². The summed E-state index contributed by atoms with van der Waals surface area (Å²) >= 11 is 0. The highest BCUT2D eigenvalue weighted by Gasteiger charge is 2.50. The molecule has 2 amide bonds. The summed E-state index contributed by atoms with van der Waals surface area (Å²) in [6.07, 6.45) is -0.742. The van der Waals surface area contributed by atoms with Gasteiger partial charge in [-0.05, 0) is 12.1 Å². The molecule has 0 bridgehead atoms. The van der Waals surface area contributed by atoms with Gasteiger partial charge in [0.1, 0.15) is 0 Å². The predicted octanol–water partition coefficient (Wildman–Crippen LogP) is 1.28. The van der Waals surface area contributed by atoms with Crippen molar-refractivity contribution in [1.29, 1.82) is 0 Å². The molecule has 0 aliphatic carbocycles. The first-order chi connectivity index (χ1) is 12.9. The van der Waals surface area contributed by atoms with Crippen LogP contribution in [0.15, 0.2) is 53.7 Å². The van der Waals surface area contributed by atoms with Crippen molar-refractivity contribution < 1.29 is 25.0 Å². The fourth-order valence-corrected chi connectivity index (χ4v) is 3.68. The van der Waals surface area contributed by atoms with Crippen LogP contribution in [0.25, 0.3) is 0 Å². The Morgan fingerprint density at radius 1 is 0.815 bits per heavy atom. The number of amides is 2. The number of nitrogens with one attached hydrogen (secondary N) is 2. The molecule has 0 spiro atoms. The molecule has 8 nitrogen and oxygen atoms in total. The van der Waals surface area contributed by atoms with E-state index in [1.54, 1.807) is 48.5 Å². The van der Waals surface area contributed by atoms with Crippen LogP contribution in [-0.2, 0) is 20.8 Å². The summed E-state index contributed by atoms with van der Waals surface area (Å²) in [7, 11) is 0. The molecule has 27 heavy (non-hydrogen) atoms. The van der Waals surface area contributed by atoms with Gasteiger partial charge in [0.25, 0.3) is 11.8 Å². The van der Waals surface area contributed by atoms with Crippen LogP contribution in [0.4, 0.5) is 11.4 Å². The average molecular weight is 367 g/mol. The summed E-state index contributed by atoms with van der Waals surface area (Å²) in [5, 5.41) is 39.7. The molecule has 2 aliphatic rings. The second-order valence-corrected chi connectivity index (χ2v) is 6.74. The van der Waals surface area contributed by atoms with Crippen LogP contribution in [0, 0.1) is 0 Å². The number of rotatable bonds is 4. The highest BCUT2D eigenvalue weighted by molar-refractivity contribution is 6.10. The maximum atomic E-state index is 12.3. The molecule has 0 saturated carbocycles. The van der Waals surface area contributed by atoms with Gasteiger partial charge in [0.05, 0.1) is 5.71 Å². The first-order valence-electron chi connectivity index (χ1n) is 8.35. The Morgan fingerprint density at radius 3 is 1.63 bits per heavy atom. The monoisotopic (exact) mass is 367 g/mol. The Kier molecular flexibility index (Phi) is 3.76. The van der Waals surface area contributed by atoms with Gasteiger partial charge in [-0.1, -0.05) is 41.6 Å². The van der Waals surface area contributed by atoms with Crippen LogP contribution in [0.3, 0.4) is 0 Å². The minimum Gasteiger partial charge on any atom is -0.411 e. The minimum atomic E-state index is -1.96. The van der Waals surface area contributed by atoms with Gasteiger partial charge in [-0.2, -0.15) is 0 Å². The topological polar surface area (TPSA) is 131 Å². The van der Waals surface area contributed by atoms with Gasteiger partial charge in [0, 0.05) is 35.3 Å². The number of para-hydroxylation sites is 2. The van der Waals surface area contributed by atoms with Gasteiger partial charge in [-0.3, -0.25) is 9.59 Å². The molecule has 138 valence electrons. The van der Waals surface area contributed by atoms with Crippen molar-refractivity contribution in [3.05, 3.63) is 59.7 Å². The van der Waals surface area contributed by atoms with E-state index in [1.165, 1.54) is 0 Å². The number of benzene rings is 2. The van der Waals surface area contributed by atoms with Gasteiger partial charge >= 0.3 is 0 Å². The Morgan fingerprint density at radius 2 is 1.22 bits per heavy atom. The number of oxime groups is 1. The standard InChI is InChI=1S/C19H17N3O5/c23-16-18(25,12-5-1-3-7-14(12)20-16)9-11(22-27)10-19(26)13-6-2-4-8-15(13)21-17(19)24/h1-8,25-27H,9-10H2,(H,20,23)(H,21,24)/t18-,19-/m0/s1. The maximum absolute atomic E-state index is 12.3. The molecule has 2 aliphatic heterocycles. The number of anilines is 2. The average Bonchev–Trinajstić information content (AvgIpc) is 3.06. The first-order valence-corrected chi connectivity index (χ1v) is 8.35. The van der Waals surface area contributed by atoms with Crippen molar-refractivity contribution in [2.45, 2.75) is 24.0 Å². The number of hydrogen-bond donors (Lipinski definition) is 5. The van der Waals surface area contributed by atoms with E-state index in [-0.39, 0.29) is 18.6 Å². The fourth-order valence-electron chi connectivity index (χ4n) is 3.68. The number of nitrogens with zero attached hydrogens (tertiary/aromatic N) is 1. The molecule has 0 unspecified atom stereocenters. The van der Waals surface area contributed by atoms with E-state index in [4.69, 9.17) is 0 Å². The largest absolute Gasteiger partial charge is 0.411 e. The predicted molar refractivity (Wildman–Crippen MR) is 96.4 cm³/mol. The minimum absolute atomic E-state index is 0.0845. The molecule has 8 heteroatoms. The molecule has 2 aromatic carbocycles. The third kappa shape index (κ3) is 2.49. The normalized spacial score (nSPS) is 25.4. The number of carbonyl (C=O) groups is 2. The lowest BCUT2D eigenvalue weighted by Gasteiger charge is -2.25. The van der Waals surface area contributed by atoms with E-state index < -0.39 is 23.0 Å². The zero-order valence-electron chi connectivity index (χ0n) is 14.1. The summed E-state index contributed by atoms with van der Waals surface area (Å²) < 4.78 is 0. The van der Waals surface area contributed by atoms with Crippen LogP contribution in [0.1, 0.15) is 24.0 Å². The van der Waals surface area contributed by atoms with Gasteiger partial charge in [0.15, 0.2) is 11.2 Å². The van der Waals surface area contributed by atoms with Crippen LogP contribution < -0.4 is 10.6 Å². The van der Waals surface area contributed by atoms with E-state index >= 15 is 0 Å². The Hall–Kier alpha value is -3.23. The van der Waals surface area contributed by atoms with Crippen molar-refractivity contribution >= 4 is 28.9 Å². The number of hydrogen-bond acceptors (Lipinski definition) is 6. The van der Waals surface area contributed by atoms with E-state index in [2.05, 4.69) is 15.8 Å². The Bertz CT molecular complexity index is 913. The second-order valence-electron chi connectivity index (χ2n) is 6.74. The molecule has 0 aromatic heterocycles. The van der Waals surface area contributed by atoms with E-state index in [1.807, 2.05) is 0 Å². The van der Waals surface area contributed by atoms with Gasteiger partial charge < -0.3 is 26.1 Å². The van der Waals surface area contributed by atoms with Gasteiger partial charge in [-0.15, -0.1) is 0 Å². The summed E-state index contributed by atoms with van der Waals surface area (Å²) in [6.45, 7) is 0. The third-order valence-electron chi connectivity index (χ3n) is 5.05. The van der Waals surface area contributed by atoms with Gasteiger partial charge in [0.2, 0.25) is 0 Å². The lowest BCUT2D eigenvalue weighted by Crippen LogP contribution is -2.41. The number of carbonyl (C=O) groups excluding carboxylic acids is 2. The zero-order chi connectivity index (χ0) is 19.2. The Balaban J connectivity index is 1.65. The molecule has 0 fully saturated rings. The number of fused-ring (bicyclic) bond motifs is 2. The Labute approximate surface area is 154 Å². The van der Waals surface area contributed by atoms with Crippen LogP contribution >= 0.6 is 0 Å². The molecule has 2 heterocycles. The molecule has 4 rings (SSSR count). The zero-order valence-corrected chi connectivity index (χ0v) is 14.1. The van der Waals surface area contributed by atoms with Crippen molar-refractivity contribution in [3.63, 3.8) is 0 Å². The summed E-state index contributed by atoms with van der Waals surface area (Å²) in [5.41, 5.74) is -2.38. The maximum Gasteiger partial charge on any atom is 0.261 e. The van der Waals surface area contributed by atoms with Crippen molar-refractivity contribution in [3.8, 4) is 0 Å². The molecule has 0 radical (unpaired) electrons. The smallest absolute Gasteiger partial charge is 0.261 e. The van der Waals surface area contributed by atoms with Crippen molar-refractivity contribution in [2.75, 3.05) is 10.6 Å². The summed E-state index contributed by atoms with van der Waals surface area (Å²) in [4.78, 5) is 24.7. The van der Waals surface area contributed by atoms with Crippen LogP contribution in [0.5, 0.6) is 0 Å². The lowest BCUT2D eigenvalue weighted by atomic mass is 9.83. The molecular weight excluding hydrogens is 350 g/mol. The number of aliphatic hydroxyl groups is 2. The third-order valence-corrected chi connectivity index (χ3v) is 5.05. The fraction of sp³-hybridized carbons (Fsp3) is 0.211. The molecule has 2 atom stereocenters. The van der Waals surface area contributed by atoms with Crippen LogP contribution in [0.2, 0.25) is 0 Å².